The van der Waals surface area contributed by atoms with Crippen LogP contribution in [0.1, 0.15) is 38.7 Å². The zero-order valence-corrected chi connectivity index (χ0v) is 18.7. The van der Waals surface area contributed by atoms with Crippen molar-refractivity contribution in [2.24, 2.45) is 11.3 Å². The highest BCUT2D eigenvalue weighted by atomic mass is 19.1. The lowest BCUT2D eigenvalue weighted by Crippen LogP contribution is -2.45. The van der Waals surface area contributed by atoms with Crippen LogP contribution in [0.2, 0.25) is 0 Å². The summed E-state index contributed by atoms with van der Waals surface area (Å²) < 4.78 is 13.4. The quantitative estimate of drug-likeness (QED) is 0.653. The van der Waals surface area contributed by atoms with Crippen molar-refractivity contribution in [1.29, 1.82) is 0 Å². The molecule has 2 aliphatic heterocycles. The van der Waals surface area contributed by atoms with Crippen LogP contribution in [-0.2, 0) is 11.2 Å². The number of nitrogens with zero attached hydrogens (tertiary/aromatic N) is 4. The van der Waals surface area contributed by atoms with Crippen LogP contribution in [0.15, 0.2) is 42.9 Å². The maximum atomic E-state index is 13.7. The molecule has 4 heterocycles. The Balaban J connectivity index is 1.35. The van der Waals surface area contributed by atoms with E-state index in [1.807, 2.05) is 24.4 Å². The molecule has 2 aromatic heterocycles. The van der Waals surface area contributed by atoms with E-state index in [2.05, 4.69) is 38.6 Å². The molecule has 1 N–H and O–H groups in total. The number of aromatic amines is 1. The molecule has 5 rings (SSSR count). The molecule has 1 atom stereocenters. The number of nitrogens with one attached hydrogen (secondary N) is 1. The molecule has 168 valence electrons. The van der Waals surface area contributed by atoms with E-state index in [0.717, 1.165) is 67.7 Å². The van der Waals surface area contributed by atoms with E-state index in [9.17, 15) is 9.18 Å². The van der Waals surface area contributed by atoms with E-state index in [1.54, 1.807) is 6.33 Å². The van der Waals surface area contributed by atoms with Crippen LogP contribution >= 0.6 is 0 Å². The molecule has 2 saturated heterocycles. The van der Waals surface area contributed by atoms with E-state index in [4.69, 9.17) is 0 Å². The summed E-state index contributed by atoms with van der Waals surface area (Å²) in [5.41, 5.74) is 1.62. The fraction of sp³-hybridized carbons (Fsp3) is 0.480. The predicted octanol–water partition coefficient (Wildman–Crippen LogP) is 4.18. The number of anilines is 1. The molecular formula is C25H30FN5O. The third-order valence-electron chi connectivity index (χ3n) is 7.08. The normalized spacial score (nSPS) is 20.8. The highest BCUT2D eigenvalue weighted by molar-refractivity contribution is 5.88. The Kier molecular flexibility index (Phi) is 5.35. The molecule has 0 radical (unpaired) electrons. The van der Waals surface area contributed by atoms with Gasteiger partial charge in [-0.05, 0) is 55.4 Å². The largest absolute Gasteiger partial charge is 0.356 e. The highest BCUT2D eigenvalue weighted by Gasteiger charge is 2.52. The summed E-state index contributed by atoms with van der Waals surface area (Å²) in [5.74, 6) is 1.43. The number of hydrogen-bond donors (Lipinski definition) is 1. The van der Waals surface area contributed by atoms with Crippen LogP contribution in [0.25, 0.3) is 11.0 Å². The Morgan fingerprint density at radius 1 is 1.16 bits per heavy atom. The molecule has 32 heavy (non-hydrogen) atoms. The van der Waals surface area contributed by atoms with Gasteiger partial charge in [0, 0.05) is 31.9 Å². The van der Waals surface area contributed by atoms with Crippen LogP contribution < -0.4 is 4.90 Å². The summed E-state index contributed by atoms with van der Waals surface area (Å²) in [4.78, 5) is 30.1. The number of amides is 1. The van der Waals surface area contributed by atoms with Gasteiger partial charge in [-0.1, -0.05) is 26.0 Å². The van der Waals surface area contributed by atoms with Gasteiger partial charge in [-0.3, -0.25) is 4.79 Å². The van der Waals surface area contributed by atoms with Crippen molar-refractivity contribution in [1.82, 2.24) is 19.9 Å². The monoisotopic (exact) mass is 435 g/mol. The second-order valence-electron chi connectivity index (χ2n) is 9.74. The number of aromatic nitrogens is 3. The smallest absolute Gasteiger partial charge is 0.229 e. The number of carbonyl (C=O) groups excluding carboxylic acids is 1. The molecule has 2 aliphatic rings. The number of halogens is 1. The van der Waals surface area contributed by atoms with Crippen molar-refractivity contribution >= 4 is 22.8 Å². The first-order chi connectivity index (χ1) is 15.4. The summed E-state index contributed by atoms with van der Waals surface area (Å²) in [6.07, 6.45) is 6.79. The number of carbonyl (C=O) groups is 1. The fourth-order valence-corrected chi connectivity index (χ4v) is 5.49. The first-order valence-electron chi connectivity index (χ1n) is 11.5. The lowest BCUT2D eigenvalue weighted by atomic mass is 9.75. The summed E-state index contributed by atoms with van der Waals surface area (Å²) in [6, 6.07) is 8.89. The van der Waals surface area contributed by atoms with E-state index < -0.39 is 0 Å². The average molecular weight is 436 g/mol. The number of hydrogen-bond acceptors (Lipinski definition) is 4. The van der Waals surface area contributed by atoms with Gasteiger partial charge in [0.25, 0.3) is 0 Å². The molecule has 0 saturated carbocycles. The molecule has 1 aromatic carbocycles. The molecule has 1 amide bonds. The Morgan fingerprint density at radius 3 is 2.62 bits per heavy atom. The molecule has 2 fully saturated rings. The second kappa shape index (κ2) is 8.19. The number of fused-ring (bicyclic) bond motifs is 1. The predicted molar refractivity (Wildman–Crippen MR) is 123 cm³/mol. The van der Waals surface area contributed by atoms with E-state index in [1.165, 1.54) is 12.1 Å². The van der Waals surface area contributed by atoms with E-state index in [0.29, 0.717) is 11.8 Å². The third-order valence-corrected chi connectivity index (χ3v) is 7.08. The Morgan fingerprint density at radius 2 is 1.91 bits per heavy atom. The SMILES string of the molecule is CC(C)CN1C(=O)C2(CCN(c3ncnc4[nH]ccc34)CC2)CC1Cc1ccc(F)cc1. The van der Waals surface area contributed by atoms with Crippen molar-refractivity contribution in [2.75, 3.05) is 24.5 Å². The van der Waals surface area contributed by atoms with Crippen molar-refractivity contribution in [2.45, 2.75) is 45.6 Å². The molecule has 1 unspecified atom stereocenters. The Labute approximate surface area is 187 Å². The second-order valence-corrected chi connectivity index (χ2v) is 9.74. The van der Waals surface area contributed by atoms with Gasteiger partial charge in [-0.15, -0.1) is 0 Å². The lowest BCUT2D eigenvalue weighted by molar-refractivity contribution is -0.138. The standard InChI is InChI=1S/C25H30FN5O/c1-17(2)15-31-20(13-18-3-5-19(26)6-4-18)14-25(24(31)32)8-11-30(12-9-25)23-21-7-10-27-22(21)28-16-29-23/h3-7,10,16-17,20H,8-9,11-15H2,1-2H3,(H,27,28,29). The van der Waals surface area contributed by atoms with E-state index in [-0.39, 0.29) is 17.3 Å². The van der Waals surface area contributed by atoms with Crippen LogP contribution in [0.3, 0.4) is 0 Å². The van der Waals surface area contributed by atoms with Gasteiger partial charge < -0.3 is 14.8 Å². The maximum Gasteiger partial charge on any atom is 0.229 e. The molecule has 3 aromatic rings. The number of piperidine rings is 1. The van der Waals surface area contributed by atoms with Crippen molar-refractivity contribution in [3.05, 3.63) is 54.2 Å². The summed E-state index contributed by atoms with van der Waals surface area (Å²) in [6.45, 7) is 6.70. The van der Waals surface area contributed by atoms with Crippen LogP contribution in [0.5, 0.6) is 0 Å². The molecule has 0 aliphatic carbocycles. The molecular weight excluding hydrogens is 405 g/mol. The van der Waals surface area contributed by atoms with E-state index >= 15 is 0 Å². The number of benzene rings is 1. The van der Waals surface area contributed by atoms with Crippen LogP contribution in [0.4, 0.5) is 10.2 Å². The zero-order valence-electron chi connectivity index (χ0n) is 18.7. The number of likely N-dealkylation sites (tertiary alicyclic amines) is 1. The first kappa shape index (κ1) is 20.9. The van der Waals surface area contributed by atoms with Gasteiger partial charge in [0.1, 0.15) is 23.6 Å². The van der Waals surface area contributed by atoms with Gasteiger partial charge in [-0.2, -0.15) is 0 Å². The Bertz CT molecular complexity index is 1100. The first-order valence-corrected chi connectivity index (χ1v) is 11.5. The minimum absolute atomic E-state index is 0.164. The maximum absolute atomic E-state index is 13.7. The molecule has 1 spiro atoms. The molecule has 6 nitrogen and oxygen atoms in total. The summed E-state index contributed by atoms with van der Waals surface area (Å²) in [5, 5.41) is 1.02. The molecule has 0 bridgehead atoms. The van der Waals surface area contributed by atoms with Crippen molar-refractivity contribution in [3.63, 3.8) is 0 Å². The number of rotatable bonds is 5. The fourth-order valence-electron chi connectivity index (χ4n) is 5.49. The van der Waals surface area contributed by atoms with Crippen LogP contribution in [-0.4, -0.2) is 51.4 Å². The van der Waals surface area contributed by atoms with Gasteiger partial charge in [0.05, 0.1) is 10.8 Å². The van der Waals surface area contributed by atoms with Gasteiger partial charge in [-0.25, -0.2) is 14.4 Å². The van der Waals surface area contributed by atoms with Crippen molar-refractivity contribution < 1.29 is 9.18 Å². The molecule has 7 heteroatoms. The highest BCUT2D eigenvalue weighted by Crippen LogP contribution is 2.46. The third kappa shape index (κ3) is 3.74. The minimum Gasteiger partial charge on any atom is -0.356 e. The average Bonchev–Trinajstić information content (AvgIpc) is 3.35. The van der Waals surface area contributed by atoms with Crippen molar-refractivity contribution in [3.8, 4) is 0 Å². The zero-order chi connectivity index (χ0) is 22.3. The van der Waals surface area contributed by atoms with Crippen LogP contribution in [0, 0.1) is 17.2 Å². The summed E-state index contributed by atoms with van der Waals surface area (Å²) >= 11 is 0. The lowest BCUT2D eigenvalue weighted by Gasteiger charge is -2.38. The minimum atomic E-state index is -0.305. The van der Waals surface area contributed by atoms with Gasteiger partial charge in [0.15, 0.2) is 0 Å². The van der Waals surface area contributed by atoms with Gasteiger partial charge in [0.2, 0.25) is 5.91 Å². The number of H-pyrrole nitrogens is 1. The topological polar surface area (TPSA) is 65.1 Å². The Hall–Kier alpha value is -2.96. The van der Waals surface area contributed by atoms with Gasteiger partial charge >= 0.3 is 0 Å². The summed E-state index contributed by atoms with van der Waals surface area (Å²) in [7, 11) is 0.